The molecular weight excluding hydrogens is 396 g/mol. The maximum atomic E-state index is 13.0. The first kappa shape index (κ1) is 20.5. The number of H-pyrrole nitrogens is 1. The number of rotatable bonds is 5. The van der Waals surface area contributed by atoms with Gasteiger partial charge in [0.15, 0.2) is 10.6 Å². The van der Waals surface area contributed by atoms with E-state index in [1.807, 2.05) is 66.4 Å². The van der Waals surface area contributed by atoms with Gasteiger partial charge in [-0.25, -0.2) is 0 Å². The molecule has 6 nitrogen and oxygen atoms in total. The van der Waals surface area contributed by atoms with Crippen molar-refractivity contribution in [2.75, 3.05) is 13.1 Å². The Morgan fingerprint density at radius 1 is 1.17 bits per heavy atom. The van der Waals surface area contributed by atoms with Gasteiger partial charge >= 0.3 is 0 Å². The summed E-state index contributed by atoms with van der Waals surface area (Å²) < 4.78 is 2.20. The highest BCUT2D eigenvalue weighted by Gasteiger charge is 2.28. The predicted molar refractivity (Wildman–Crippen MR) is 118 cm³/mol. The van der Waals surface area contributed by atoms with E-state index >= 15 is 0 Å². The number of aromatic nitrogens is 3. The minimum absolute atomic E-state index is 0.0218. The summed E-state index contributed by atoms with van der Waals surface area (Å²) in [5, 5.41) is 17.8. The second kappa shape index (κ2) is 8.93. The van der Waals surface area contributed by atoms with Gasteiger partial charge in [0.25, 0.3) is 0 Å². The summed E-state index contributed by atoms with van der Waals surface area (Å²) in [5.74, 6) is 0.854. The van der Waals surface area contributed by atoms with E-state index in [1.165, 1.54) is 0 Å². The smallest absolute Gasteiger partial charge is 0.242 e. The van der Waals surface area contributed by atoms with Crippen LogP contribution in [0.1, 0.15) is 30.1 Å². The number of aliphatic hydroxyl groups excluding tert-OH is 1. The highest BCUT2D eigenvalue weighted by Crippen LogP contribution is 2.30. The zero-order valence-electron chi connectivity index (χ0n) is 17.0. The van der Waals surface area contributed by atoms with Crippen LogP contribution < -0.4 is 0 Å². The number of aromatic amines is 1. The van der Waals surface area contributed by atoms with Crippen LogP contribution >= 0.6 is 12.2 Å². The summed E-state index contributed by atoms with van der Waals surface area (Å²) in [6, 6.07) is 17.7. The van der Waals surface area contributed by atoms with Gasteiger partial charge in [-0.15, -0.1) is 0 Å². The number of carbonyl (C=O) groups is 1. The number of aryl methyl sites for hydroxylation is 1. The van der Waals surface area contributed by atoms with E-state index in [9.17, 15) is 9.90 Å². The first-order valence-electron chi connectivity index (χ1n) is 10.3. The summed E-state index contributed by atoms with van der Waals surface area (Å²) in [7, 11) is 0. The van der Waals surface area contributed by atoms with Gasteiger partial charge in [0.2, 0.25) is 5.91 Å². The van der Waals surface area contributed by atoms with Crippen molar-refractivity contribution >= 4 is 18.1 Å². The number of hydrogen-bond acceptors (Lipinski definition) is 4. The predicted octanol–water partition coefficient (Wildman–Crippen LogP) is 3.89. The fraction of sp³-hybridized carbons (Fsp3) is 0.348. The maximum absolute atomic E-state index is 13.0. The Balaban J connectivity index is 1.41. The van der Waals surface area contributed by atoms with Gasteiger partial charge in [-0.05, 0) is 43.5 Å². The van der Waals surface area contributed by atoms with Crippen LogP contribution in [0.3, 0.4) is 0 Å². The van der Waals surface area contributed by atoms with E-state index in [1.54, 1.807) is 4.57 Å². The number of likely N-dealkylation sites (tertiary alicyclic amines) is 1. The first-order chi connectivity index (χ1) is 14.5. The minimum Gasteiger partial charge on any atom is -0.388 e. The lowest BCUT2D eigenvalue weighted by Crippen LogP contribution is -2.41. The molecule has 0 aliphatic carbocycles. The molecular formula is C23H26N4O2S. The molecule has 1 saturated heterocycles. The number of piperidine rings is 1. The Kier molecular flexibility index (Phi) is 6.11. The quantitative estimate of drug-likeness (QED) is 0.612. The van der Waals surface area contributed by atoms with Crippen LogP contribution in [-0.2, 0) is 11.3 Å². The number of hydrogen-bond donors (Lipinski definition) is 2. The third-order valence-corrected chi connectivity index (χ3v) is 6.15. The van der Waals surface area contributed by atoms with Gasteiger partial charge in [0.1, 0.15) is 6.54 Å². The summed E-state index contributed by atoms with van der Waals surface area (Å²) in [6.07, 6.45) is 1.08. The van der Waals surface area contributed by atoms with E-state index in [0.29, 0.717) is 23.7 Å². The summed E-state index contributed by atoms with van der Waals surface area (Å²) >= 11 is 5.37. The molecule has 156 valence electrons. The monoisotopic (exact) mass is 422 g/mol. The molecule has 30 heavy (non-hydrogen) atoms. The van der Waals surface area contributed by atoms with Crippen LogP contribution in [0.25, 0.3) is 11.4 Å². The fourth-order valence-corrected chi connectivity index (χ4v) is 4.21. The van der Waals surface area contributed by atoms with Gasteiger partial charge in [0, 0.05) is 18.7 Å². The fourth-order valence-electron chi connectivity index (χ4n) is 4.01. The second-order valence-corrected chi connectivity index (χ2v) is 8.26. The molecule has 2 N–H and O–H groups in total. The number of aliphatic hydroxyl groups is 1. The number of nitrogens with one attached hydrogen (secondary N) is 1. The lowest BCUT2D eigenvalue weighted by atomic mass is 9.87. The average molecular weight is 423 g/mol. The lowest BCUT2D eigenvalue weighted by molar-refractivity contribution is -0.133. The molecule has 1 aliphatic heterocycles. The molecule has 1 aromatic heterocycles. The Hall–Kier alpha value is -2.77. The molecule has 2 aromatic carbocycles. The molecule has 0 bridgehead atoms. The van der Waals surface area contributed by atoms with Gasteiger partial charge < -0.3 is 10.0 Å². The van der Waals surface area contributed by atoms with Crippen LogP contribution in [0.4, 0.5) is 0 Å². The normalized spacial score (nSPS) is 15.9. The SMILES string of the molecule is Cc1ccc(-c2n[nH]c(=S)n2CC(=O)N2CCC([C@@H](O)c3ccccc3)CC2)cc1. The van der Waals surface area contributed by atoms with Gasteiger partial charge in [0.05, 0.1) is 6.10 Å². The van der Waals surface area contributed by atoms with Crippen molar-refractivity contribution in [1.82, 2.24) is 19.7 Å². The van der Waals surface area contributed by atoms with Crippen molar-refractivity contribution in [1.29, 1.82) is 0 Å². The Morgan fingerprint density at radius 2 is 1.83 bits per heavy atom. The van der Waals surface area contributed by atoms with Crippen molar-refractivity contribution in [2.45, 2.75) is 32.4 Å². The van der Waals surface area contributed by atoms with Crippen molar-refractivity contribution in [3.63, 3.8) is 0 Å². The number of benzene rings is 2. The van der Waals surface area contributed by atoms with Crippen LogP contribution in [-0.4, -0.2) is 43.8 Å². The minimum atomic E-state index is -0.487. The zero-order chi connectivity index (χ0) is 21.1. The van der Waals surface area contributed by atoms with Crippen molar-refractivity contribution in [3.05, 3.63) is 70.5 Å². The Morgan fingerprint density at radius 3 is 2.50 bits per heavy atom. The van der Waals surface area contributed by atoms with E-state index in [4.69, 9.17) is 12.2 Å². The highest BCUT2D eigenvalue weighted by molar-refractivity contribution is 7.71. The molecule has 0 radical (unpaired) electrons. The molecule has 2 heterocycles. The molecule has 0 unspecified atom stereocenters. The highest BCUT2D eigenvalue weighted by atomic mass is 32.1. The van der Waals surface area contributed by atoms with Crippen LogP contribution in [0.5, 0.6) is 0 Å². The molecule has 0 saturated carbocycles. The summed E-state index contributed by atoms with van der Waals surface area (Å²) in [6.45, 7) is 3.46. The first-order valence-corrected chi connectivity index (χ1v) is 10.7. The number of carbonyl (C=O) groups excluding carboxylic acids is 1. The average Bonchev–Trinajstić information content (AvgIpc) is 3.14. The van der Waals surface area contributed by atoms with Gasteiger partial charge in [-0.1, -0.05) is 60.2 Å². The number of nitrogens with zero attached hydrogens (tertiary/aromatic N) is 3. The van der Waals surface area contributed by atoms with Crippen LogP contribution in [0, 0.1) is 17.6 Å². The Bertz CT molecular complexity index is 1050. The van der Waals surface area contributed by atoms with E-state index in [2.05, 4.69) is 10.2 Å². The van der Waals surface area contributed by atoms with Crippen molar-refractivity contribution in [3.8, 4) is 11.4 Å². The molecule has 7 heteroatoms. The zero-order valence-corrected chi connectivity index (χ0v) is 17.8. The van der Waals surface area contributed by atoms with Gasteiger partial charge in [-0.2, -0.15) is 5.10 Å². The molecule has 1 fully saturated rings. The third-order valence-electron chi connectivity index (χ3n) is 5.84. The largest absolute Gasteiger partial charge is 0.388 e. The topological polar surface area (TPSA) is 74.2 Å². The Labute approximate surface area is 181 Å². The van der Waals surface area contributed by atoms with E-state index < -0.39 is 6.10 Å². The van der Waals surface area contributed by atoms with Crippen LogP contribution in [0.15, 0.2) is 54.6 Å². The second-order valence-electron chi connectivity index (χ2n) is 7.88. The van der Waals surface area contributed by atoms with Crippen molar-refractivity contribution in [2.24, 2.45) is 5.92 Å². The lowest BCUT2D eigenvalue weighted by Gasteiger charge is -2.34. The number of amides is 1. The van der Waals surface area contributed by atoms with Crippen molar-refractivity contribution < 1.29 is 9.90 Å². The molecule has 0 spiro atoms. The maximum Gasteiger partial charge on any atom is 0.242 e. The van der Waals surface area contributed by atoms with E-state index in [0.717, 1.165) is 29.5 Å². The molecule has 4 rings (SSSR count). The van der Waals surface area contributed by atoms with Gasteiger partial charge in [-0.3, -0.25) is 14.5 Å². The molecule has 1 amide bonds. The third kappa shape index (κ3) is 4.37. The van der Waals surface area contributed by atoms with Crippen LogP contribution in [0.2, 0.25) is 0 Å². The summed E-state index contributed by atoms with van der Waals surface area (Å²) in [4.78, 5) is 14.8. The molecule has 3 aromatic rings. The standard InChI is InChI=1S/C23H26N4O2S/c1-16-7-9-19(10-8-16)22-24-25-23(30)27(22)15-20(28)26-13-11-18(12-14-26)21(29)17-5-3-2-4-6-17/h2-10,18,21,29H,11-15H2,1H3,(H,25,30)/t21-/m0/s1. The summed E-state index contributed by atoms with van der Waals surface area (Å²) in [5.41, 5.74) is 3.02. The van der Waals surface area contributed by atoms with E-state index in [-0.39, 0.29) is 18.4 Å². The molecule has 1 atom stereocenters. The molecule has 1 aliphatic rings.